The normalized spacial score (nSPS) is 15.1. The van der Waals surface area contributed by atoms with E-state index in [-0.39, 0.29) is 29.7 Å². The molecule has 1 aromatic heterocycles. The summed E-state index contributed by atoms with van der Waals surface area (Å²) in [5.41, 5.74) is 0.962. The van der Waals surface area contributed by atoms with Gasteiger partial charge in [0.1, 0.15) is 4.90 Å². The lowest BCUT2D eigenvalue weighted by Crippen LogP contribution is -2.40. The molecule has 176 valence electrons. The number of carbonyl (C=O) groups excluding carboxylic acids is 3. The summed E-state index contributed by atoms with van der Waals surface area (Å²) in [7, 11) is -3.65. The molecule has 1 amide bonds. The molecule has 1 aliphatic rings. The van der Waals surface area contributed by atoms with Crippen molar-refractivity contribution in [2.75, 3.05) is 25.0 Å². The second kappa shape index (κ2) is 11.2. The Morgan fingerprint density at radius 1 is 1.12 bits per heavy atom. The van der Waals surface area contributed by atoms with Crippen LogP contribution in [0.4, 0.5) is 5.69 Å². The maximum absolute atomic E-state index is 12.7. The van der Waals surface area contributed by atoms with Gasteiger partial charge in [0, 0.05) is 43.2 Å². The van der Waals surface area contributed by atoms with Crippen molar-refractivity contribution in [3.05, 3.63) is 54.4 Å². The Kier molecular flexibility index (Phi) is 8.29. The van der Waals surface area contributed by atoms with Crippen LogP contribution < -0.4 is 5.32 Å². The van der Waals surface area contributed by atoms with Crippen LogP contribution in [0.1, 0.15) is 43.0 Å². The van der Waals surface area contributed by atoms with Crippen LogP contribution in [0.5, 0.6) is 0 Å². The van der Waals surface area contributed by atoms with Crippen LogP contribution in [0.3, 0.4) is 0 Å². The molecule has 0 unspecified atom stereocenters. The molecular formula is C23H27N3O6S. The number of sulfonamides is 1. The smallest absolute Gasteiger partial charge is 0.309 e. The van der Waals surface area contributed by atoms with Crippen LogP contribution in [0, 0.1) is 5.92 Å². The molecule has 3 rings (SSSR count). The van der Waals surface area contributed by atoms with Crippen LogP contribution in [-0.4, -0.2) is 55.1 Å². The molecule has 0 radical (unpaired) electrons. The fourth-order valence-electron chi connectivity index (χ4n) is 3.51. The number of ketones is 1. The number of piperidine rings is 1. The number of hydrogen-bond acceptors (Lipinski definition) is 7. The van der Waals surface area contributed by atoms with Crippen LogP contribution >= 0.6 is 0 Å². The number of anilines is 1. The van der Waals surface area contributed by atoms with E-state index in [1.807, 2.05) is 6.92 Å². The standard InChI is InChI=1S/C23H27N3O6S/c1-2-4-22(28)25-19-8-6-17(7-9-19)21(27)16-32-23(29)18-10-13-26(14-11-18)33(30,31)20-5-3-12-24-15-20/h3,5-9,12,15,18H,2,4,10-11,13-14,16H2,1H3,(H,25,28). The third kappa shape index (κ3) is 6.45. The van der Waals surface area contributed by atoms with Gasteiger partial charge in [-0.3, -0.25) is 19.4 Å². The van der Waals surface area contributed by atoms with Crippen molar-refractivity contribution in [3.63, 3.8) is 0 Å². The first-order valence-electron chi connectivity index (χ1n) is 10.8. The second-order valence-corrected chi connectivity index (χ2v) is 9.71. The molecule has 1 aromatic carbocycles. The van der Waals surface area contributed by atoms with E-state index in [1.54, 1.807) is 30.3 Å². The van der Waals surface area contributed by atoms with Gasteiger partial charge < -0.3 is 10.1 Å². The van der Waals surface area contributed by atoms with Crippen molar-refractivity contribution in [2.45, 2.75) is 37.5 Å². The summed E-state index contributed by atoms with van der Waals surface area (Å²) in [5, 5.41) is 2.74. The van der Waals surface area contributed by atoms with Gasteiger partial charge in [-0.2, -0.15) is 4.31 Å². The highest BCUT2D eigenvalue weighted by atomic mass is 32.2. The maximum Gasteiger partial charge on any atom is 0.309 e. The van der Waals surface area contributed by atoms with Crippen molar-refractivity contribution >= 4 is 33.4 Å². The summed E-state index contributed by atoms with van der Waals surface area (Å²) < 4.78 is 31.8. The molecule has 1 aliphatic heterocycles. The minimum atomic E-state index is -3.65. The zero-order valence-electron chi connectivity index (χ0n) is 18.4. The Morgan fingerprint density at radius 3 is 2.42 bits per heavy atom. The van der Waals surface area contributed by atoms with Crippen LogP contribution in [0.25, 0.3) is 0 Å². The second-order valence-electron chi connectivity index (χ2n) is 7.77. The van der Waals surface area contributed by atoms with Crippen LogP contribution in [0.2, 0.25) is 0 Å². The van der Waals surface area contributed by atoms with Crippen molar-refractivity contribution in [1.29, 1.82) is 0 Å². The number of benzene rings is 1. The molecule has 2 heterocycles. The minimum absolute atomic E-state index is 0.0928. The average molecular weight is 474 g/mol. The highest BCUT2D eigenvalue weighted by Gasteiger charge is 2.33. The zero-order chi connectivity index (χ0) is 23.8. The monoisotopic (exact) mass is 473 g/mol. The lowest BCUT2D eigenvalue weighted by Gasteiger charge is -2.29. The van der Waals surface area contributed by atoms with E-state index in [0.717, 1.165) is 6.42 Å². The van der Waals surface area contributed by atoms with Crippen molar-refractivity contribution in [1.82, 2.24) is 9.29 Å². The SMILES string of the molecule is CCCC(=O)Nc1ccc(C(=O)COC(=O)C2CCN(S(=O)(=O)c3cccnc3)CC2)cc1. The summed E-state index contributed by atoms with van der Waals surface area (Å²) in [6.45, 7) is 1.90. The molecular weight excluding hydrogens is 446 g/mol. The number of amides is 1. The maximum atomic E-state index is 12.7. The van der Waals surface area contributed by atoms with E-state index in [2.05, 4.69) is 10.3 Å². The van der Waals surface area contributed by atoms with Gasteiger partial charge in [-0.05, 0) is 55.7 Å². The summed E-state index contributed by atoms with van der Waals surface area (Å²) in [6, 6.07) is 9.44. The zero-order valence-corrected chi connectivity index (χ0v) is 19.2. The summed E-state index contributed by atoms with van der Waals surface area (Å²) >= 11 is 0. The Hall–Kier alpha value is -3.11. The predicted molar refractivity (Wildman–Crippen MR) is 121 cm³/mol. The number of Topliss-reactive ketones (excluding diaryl/α,β-unsaturated/α-hetero) is 1. The molecule has 33 heavy (non-hydrogen) atoms. The predicted octanol–water partition coefficient (Wildman–Crippen LogP) is 2.65. The first-order chi connectivity index (χ1) is 15.8. The number of rotatable bonds is 9. The fourth-order valence-corrected chi connectivity index (χ4v) is 4.94. The molecule has 9 nitrogen and oxygen atoms in total. The van der Waals surface area contributed by atoms with Gasteiger partial charge in [0.15, 0.2) is 12.4 Å². The number of nitrogens with zero attached hydrogens (tertiary/aromatic N) is 2. The van der Waals surface area contributed by atoms with Crippen LogP contribution in [0.15, 0.2) is 53.7 Å². The van der Waals surface area contributed by atoms with E-state index >= 15 is 0 Å². The van der Waals surface area contributed by atoms with E-state index in [0.29, 0.717) is 30.5 Å². The Balaban J connectivity index is 1.47. The Morgan fingerprint density at radius 2 is 1.82 bits per heavy atom. The van der Waals surface area contributed by atoms with Crippen LogP contribution in [-0.2, 0) is 24.3 Å². The number of hydrogen-bond donors (Lipinski definition) is 1. The third-order valence-corrected chi connectivity index (χ3v) is 7.25. The Labute approximate surface area is 193 Å². The molecule has 1 saturated heterocycles. The molecule has 1 fully saturated rings. The highest BCUT2D eigenvalue weighted by Crippen LogP contribution is 2.24. The fraction of sp³-hybridized carbons (Fsp3) is 0.391. The average Bonchev–Trinajstić information content (AvgIpc) is 2.83. The van der Waals surface area contributed by atoms with E-state index in [1.165, 1.54) is 22.8 Å². The van der Waals surface area contributed by atoms with E-state index in [4.69, 9.17) is 4.74 Å². The molecule has 0 bridgehead atoms. The number of nitrogens with one attached hydrogen (secondary N) is 1. The van der Waals surface area contributed by atoms with Gasteiger partial charge in [-0.25, -0.2) is 8.42 Å². The van der Waals surface area contributed by atoms with Crippen molar-refractivity contribution in [2.24, 2.45) is 5.92 Å². The summed E-state index contributed by atoms with van der Waals surface area (Å²) in [6.07, 6.45) is 4.60. The largest absolute Gasteiger partial charge is 0.457 e. The van der Waals surface area contributed by atoms with Gasteiger partial charge in [0.25, 0.3) is 0 Å². The molecule has 1 N–H and O–H groups in total. The lowest BCUT2D eigenvalue weighted by molar-refractivity contribution is -0.148. The van der Waals surface area contributed by atoms with Crippen molar-refractivity contribution < 1.29 is 27.5 Å². The minimum Gasteiger partial charge on any atom is -0.457 e. The quantitative estimate of drug-likeness (QED) is 0.439. The molecule has 0 spiro atoms. The number of ether oxygens (including phenoxy) is 1. The topological polar surface area (TPSA) is 123 Å². The number of carbonyl (C=O) groups is 3. The molecule has 2 aromatic rings. The molecule has 10 heteroatoms. The van der Waals surface area contributed by atoms with Gasteiger partial charge in [0.05, 0.1) is 5.92 Å². The number of aromatic nitrogens is 1. The summed E-state index contributed by atoms with van der Waals surface area (Å²) in [5.74, 6) is -1.42. The van der Waals surface area contributed by atoms with Gasteiger partial charge in [-0.1, -0.05) is 6.92 Å². The Bertz CT molecular complexity index is 1080. The van der Waals surface area contributed by atoms with Gasteiger partial charge in [-0.15, -0.1) is 0 Å². The third-order valence-electron chi connectivity index (χ3n) is 5.37. The van der Waals surface area contributed by atoms with E-state index < -0.39 is 28.5 Å². The first-order valence-corrected chi connectivity index (χ1v) is 12.2. The molecule has 0 aliphatic carbocycles. The van der Waals surface area contributed by atoms with Gasteiger partial charge >= 0.3 is 5.97 Å². The number of pyridine rings is 1. The molecule has 0 saturated carbocycles. The van der Waals surface area contributed by atoms with E-state index in [9.17, 15) is 22.8 Å². The lowest BCUT2D eigenvalue weighted by atomic mass is 9.98. The highest BCUT2D eigenvalue weighted by molar-refractivity contribution is 7.89. The van der Waals surface area contributed by atoms with Crippen molar-refractivity contribution in [3.8, 4) is 0 Å². The number of esters is 1. The first kappa shape index (κ1) is 24.5. The summed E-state index contributed by atoms with van der Waals surface area (Å²) in [4.78, 5) is 40.3. The molecule has 0 atom stereocenters. The van der Waals surface area contributed by atoms with Gasteiger partial charge in [0.2, 0.25) is 15.9 Å².